The lowest BCUT2D eigenvalue weighted by atomic mass is 9.96. The van der Waals surface area contributed by atoms with Gasteiger partial charge in [0.25, 0.3) is 6.48 Å². The van der Waals surface area contributed by atoms with E-state index < -0.39 is 56.8 Å². The predicted octanol–water partition coefficient (Wildman–Crippen LogP) is 3.81. The van der Waals surface area contributed by atoms with Crippen molar-refractivity contribution in [2.24, 2.45) is 0 Å². The number of carbonyl (C=O) groups is 1. The molecule has 1 aromatic carbocycles. The third-order valence-electron chi connectivity index (χ3n) is 8.17. The molecule has 6 rings (SSSR count). The maximum atomic E-state index is 14.3. The van der Waals surface area contributed by atoms with Crippen LogP contribution in [0.5, 0.6) is 5.75 Å². The van der Waals surface area contributed by atoms with Gasteiger partial charge in [-0.15, -0.1) is 0 Å². The fraction of sp³-hybridized carbons (Fsp3) is 0.533. The average molecular weight is 657 g/mol. The minimum Gasteiger partial charge on any atom is -0.461 e. The largest absolute Gasteiger partial charge is 0.461 e. The van der Waals surface area contributed by atoms with Crippen molar-refractivity contribution in [2.45, 2.75) is 88.5 Å². The smallest absolute Gasteiger partial charge is 0.459 e. The highest BCUT2D eigenvalue weighted by molar-refractivity contribution is 7.52. The number of nitrogens with zero attached hydrogens (tertiary/aromatic N) is 4. The Hall–Kier alpha value is -3.61. The summed E-state index contributed by atoms with van der Waals surface area (Å²) in [7, 11) is -4.35. The molecule has 246 valence electrons. The van der Waals surface area contributed by atoms with Gasteiger partial charge in [-0.3, -0.25) is 9.32 Å². The molecule has 3 aromatic rings. The lowest BCUT2D eigenvalue weighted by Crippen LogP contribution is -2.46. The van der Waals surface area contributed by atoms with Crippen molar-refractivity contribution in [3.8, 4) is 11.8 Å². The van der Waals surface area contributed by atoms with E-state index in [0.29, 0.717) is 11.2 Å². The fourth-order valence-electron chi connectivity index (χ4n) is 5.90. The lowest BCUT2D eigenvalue weighted by molar-refractivity contribution is -0.268. The van der Waals surface area contributed by atoms with E-state index in [9.17, 15) is 14.6 Å². The number of hydrogen-bond donors (Lipinski definition) is 2. The van der Waals surface area contributed by atoms with Gasteiger partial charge in [-0.1, -0.05) is 24.6 Å². The highest BCUT2D eigenvalue weighted by Crippen LogP contribution is 2.51. The van der Waals surface area contributed by atoms with Gasteiger partial charge in [-0.05, 0) is 63.8 Å². The van der Waals surface area contributed by atoms with Gasteiger partial charge in [0.05, 0.1) is 5.69 Å². The molecule has 1 saturated carbocycles. The van der Waals surface area contributed by atoms with Crippen molar-refractivity contribution in [1.82, 2.24) is 19.7 Å². The molecule has 7 atom stereocenters. The number of benzene rings is 1. The van der Waals surface area contributed by atoms with Crippen molar-refractivity contribution < 1.29 is 42.1 Å². The van der Waals surface area contributed by atoms with E-state index in [4.69, 9.17) is 38.5 Å². The van der Waals surface area contributed by atoms with E-state index in [2.05, 4.69) is 21.2 Å². The van der Waals surface area contributed by atoms with Crippen LogP contribution in [0.2, 0.25) is 0 Å². The molecule has 46 heavy (non-hydrogen) atoms. The first-order valence-corrected chi connectivity index (χ1v) is 16.9. The molecular weight excluding hydrogens is 619 g/mol. The number of esters is 1. The zero-order valence-electron chi connectivity index (χ0n) is 25.5. The average Bonchev–Trinajstić information content (AvgIpc) is 3.75. The van der Waals surface area contributed by atoms with Crippen LogP contribution < -0.4 is 15.3 Å². The number of anilines is 1. The summed E-state index contributed by atoms with van der Waals surface area (Å²) in [6, 6.07) is 12.9. The molecule has 15 nitrogen and oxygen atoms in total. The van der Waals surface area contributed by atoms with Gasteiger partial charge in [0.1, 0.15) is 60.7 Å². The molecule has 2 saturated heterocycles. The van der Waals surface area contributed by atoms with Gasteiger partial charge in [-0.2, -0.15) is 15.4 Å². The molecule has 0 radical (unpaired) electrons. The van der Waals surface area contributed by atoms with Gasteiger partial charge in [-0.25, -0.2) is 14.1 Å². The Morgan fingerprint density at radius 3 is 2.74 bits per heavy atom. The number of ether oxygens (including phenoxy) is 5. The Morgan fingerprint density at radius 1 is 1.22 bits per heavy atom. The number of fused-ring (bicyclic) bond motifs is 2. The second-order valence-corrected chi connectivity index (χ2v) is 13.1. The first-order valence-electron chi connectivity index (χ1n) is 15.3. The number of para-hydroxylation sites is 1. The number of aromatic nitrogens is 3. The summed E-state index contributed by atoms with van der Waals surface area (Å²) in [4.78, 5) is 17.0. The molecule has 3 fully saturated rings. The van der Waals surface area contributed by atoms with Gasteiger partial charge >= 0.3 is 13.7 Å². The van der Waals surface area contributed by atoms with Crippen LogP contribution in [0.4, 0.5) is 5.82 Å². The quantitative estimate of drug-likeness (QED) is 0.211. The SMILES string of the molecule is CCOC1O[C@H]2[C@H](c3ccc4c(N)ncnn34)O[C@](C#N)(CO[P@@](=O)(N[C@@H](C)C(=O)OC3CCCCC3)Oc3ccccc3)[C@H]2O1. The van der Waals surface area contributed by atoms with Crippen molar-refractivity contribution in [3.63, 3.8) is 0 Å². The zero-order chi connectivity index (χ0) is 32.3. The van der Waals surface area contributed by atoms with Crippen molar-refractivity contribution >= 4 is 25.1 Å². The Bertz CT molecular complexity index is 1610. The first kappa shape index (κ1) is 32.3. The molecule has 1 aliphatic carbocycles. The summed E-state index contributed by atoms with van der Waals surface area (Å²) in [6.07, 6.45) is 2.93. The molecule has 2 aliphatic heterocycles. The molecule has 0 spiro atoms. The second-order valence-electron chi connectivity index (χ2n) is 11.4. The van der Waals surface area contributed by atoms with Crippen molar-refractivity contribution in [1.29, 1.82) is 5.26 Å². The topological polar surface area (TPSA) is 191 Å². The highest BCUT2D eigenvalue weighted by atomic mass is 31.2. The number of nitrogens with one attached hydrogen (secondary N) is 1. The number of nitriles is 1. The van der Waals surface area contributed by atoms with Gasteiger partial charge in [0, 0.05) is 6.61 Å². The molecule has 1 unspecified atom stereocenters. The summed E-state index contributed by atoms with van der Waals surface area (Å²) in [5.41, 5.74) is 5.23. The molecule has 0 amide bonds. The normalized spacial score (nSPS) is 28.3. The summed E-state index contributed by atoms with van der Waals surface area (Å²) in [5.74, 6) is -0.121. The second kappa shape index (κ2) is 13.6. The number of carbonyl (C=O) groups excluding carboxylic acids is 1. The van der Waals surface area contributed by atoms with Crippen LogP contribution in [-0.4, -0.2) is 70.2 Å². The van der Waals surface area contributed by atoms with E-state index in [1.54, 1.807) is 53.9 Å². The number of nitrogens with two attached hydrogens (primary N) is 1. The Balaban J connectivity index is 1.26. The van der Waals surface area contributed by atoms with Crippen molar-refractivity contribution in [3.05, 3.63) is 54.5 Å². The Kier molecular flexibility index (Phi) is 9.58. The first-order chi connectivity index (χ1) is 22.2. The summed E-state index contributed by atoms with van der Waals surface area (Å²) in [5, 5.41) is 17.6. The molecular formula is C30H37N6O9P. The lowest BCUT2D eigenvalue weighted by Gasteiger charge is -2.30. The van der Waals surface area contributed by atoms with E-state index in [-0.39, 0.29) is 24.3 Å². The third kappa shape index (κ3) is 6.61. The van der Waals surface area contributed by atoms with Crippen LogP contribution in [0, 0.1) is 11.3 Å². The minimum absolute atomic E-state index is 0.202. The maximum absolute atomic E-state index is 14.3. The number of nitrogen functional groups attached to an aromatic ring is 1. The summed E-state index contributed by atoms with van der Waals surface area (Å²) >= 11 is 0. The Labute approximate surface area is 265 Å². The molecule has 0 bridgehead atoms. The molecule has 2 aromatic heterocycles. The van der Waals surface area contributed by atoms with Gasteiger partial charge in [0.15, 0.2) is 5.82 Å². The monoisotopic (exact) mass is 656 g/mol. The number of rotatable bonds is 12. The molecule has 4 heterocycles. The Morgan fingerprint density at radius 2 is 2.00 bits per heavy atom. The van der Waals surface area contributed by atoms with E-state index >= 15 is 0 Å². The van der Waals surface area contributed by atoms with Crippen LogP contribution in [0.1, 0.15) is 57.7 Å². The highest BCUT2D eigenvalue weighted by Gasteiger charge is 2.64. The summed E-state index contributed by atoms with van der Waals surface area (Å²) in [6.45, 7) is 1.89. The standard InChI is InChI=1S/C30H37N6O9P/c1-3-39-29-42-25-24(22-14-15-23-27(32)33-18-34-36(22)23)44-30(16-31,26(25)43-29)17-40-46(38,45-21-12-8-5-9-13-21)35-19(2)28(37)41-20-10-6-4-7-11-20/h5,8-9,12-15,18-20,24-26,29H,3-4,6-7,10-11,17H2,1-2H3,(H,35,38)(H2,32,33,34)/t19-,24-,25-,26-,29?,30+,46-/m0/s1. The van der Waals surface area contributed by atoms with E-state index in [0.717, 1.165) is 32.1 Å². The number of hydrogen-bond acceptors (Lipinski definition) is 13. The van der Waals surface area contributed by atoms with Gasteiger partial charge in [0.2, 0.25) is 5.60 Å². The zero-order valence-corrected chi connectivity index (χ0v) is 26.4. The minimum atomic E-state index is -4.35. The van der Waals surface area contributed by atoms with Crippen LogP contribution in [-0.2, 0) is 37.6 Å². The summed E-state index contributed by atoms with van der Waals surface area (Å²) < 4.78 is 57.3. The van der Waals surface area contributed by atoms with Crippen LogP contribution >= 0.6 is 7.75 Å². The fourth-order valence-corrected chi connectivity index (χ4v) is 7.42. The van der Waals surface area contributed by atoms with Gasteiger partial charge < -0.3 is 33.9 Å². The molecule has 3 aliphatic rings. The molecule has 16 heteroatoms. The van der Waals surface area contributed by atoms with Crippen molar-refractivity contribution in [2.75, 3.05) is 18.9 Å². The maximum Gasteiger partial charge on any atom is 0.459 e. The van der Waals surface area contributed by atoms with Crippen LogP contribution in [0.3, 0.4) is 0 Å². The van der Waals surface area contributed by atoms with E-state index in [1.165, 1.54) is 13.3 Å². The van der Waals surface area contributed by atoms with E-state index in [1.807, 2.05) is 0 Å². The molecule has 3 N–H and O–H groups in total. The van der Waals surface area contributed by atoms with Crippen LogP contribution in [0.25, 0.3) is 5.52 Å². The third-order valence-corrected chi connectivity index (χ3v) is 9.80. The predicted molar refractivity (Wildman–Crippen MR) is 161 cm³/mol. The van der Waals surface area contributed by atoms with Crippen LogP contribution in [0.15, 0.2) is 48.8 Å².